The maximum absolute atomic E-state index is 12.2. The molecule has 1 amide bonds. The van der Waals surface area contributed by atoms with Gasteiger partial charge in [-0.1, -0.05) is 18.2 Å². The molecule has 2 heterocycles. The van der Waals surface area contributed by atoms with E-state index in [-0.39, 0.29) is 37.1 Å². The van der Waals surface area contributed by atoms with Crippen LogP contribution in [0.3, 0.4) is 0 Å². The first kappa shape index (κ1) is 19.2. The number of ketones is 1. The lowest BCUT2D eigenvalue weighted by molar-refractivity contribution is -0.145. The average Bonchev–Trinajstić information content (AvgIpc) is 3.09. The van der Waals surface area contributed by atoms with Crippen LogP contribution in [0.1, 0.15) is 30.1 Å². The normalized spacial score (nSPS) is 10.6. The summed E-state index contributed by atoms with van der Waals surface area (Å²) in [6, 6.07) is 8.73. The van der Waals surface area contributed by atoms with E-state index in [0.29, 0.717) is 23.3 Å². The molecule has 2 aromatic heterocycles. The van der Waals surface area contributed by atoms with Crippen molar-refractivity contribution in [3.05, 3.63) is 48.4 Å². The Hall–Kier alpha value is -3.62. The van der Waals surface area contributed by atoms with Crippen molar-refractivity contribution in [1.82, 2.24) is 19.5 Å². The van der Waals surface area contributed by atoms with Crippen molar-refractivity contribution in [3.63, 3.8) is 0 Å². The Morgan fingerprint density at radius 2 is 1.93 bits per heavy atom. The van der Waals surface area contributed by atoms with Gasteiger partial charge in [0.15, 0.2) is 5.65 Å². The van der Waals surface area contributed by atoms with Gasteiger partial charge >= 0.3 is 5.97 Å². The summed E-state index contributed by atoms with van der Waals surface area (Å²) in [5.41, 5.74) is 1.52. The van der Waals surface area contributed by atoms with Crippen LogP contribution >= 0.6 is 0 Å². The van der Waals surface area contributed by atoms with E-state index in [1.807, 2.05) is 6.07 Å². The van der Waals surface area contributed by atoms with E-state index >= 15 is 0 Å². The predicted octanol–water partition coefficient (Wildman–Crippen LogP) is 1.99. The van der Waals surface area contributed by atoms with Gasteiger partial charge in [-0.25, -0.2) is 9.97 Å². The number of fused-ring (bicyclic) bond motifs is 1. The molecule has 3 aromatic rings. The van der Waals surface area contributed by atoms with Gasteiger partial charge in [0, 0.05) is 18.5 Å². The molecule has 1 N–H and O–H groups in total. The van der Waals surface area contributed by atoms with E-state index in [9.17, 15) is 14.4 Å². The molecular formula is C19H19N5O4. The van der Waals surface area contributed by atoms with E-state index in [4.69, 9.17) is 4.74 Å². The molecular weight excluding hydrogens is 362 g/mol. The molecule has 1 aromatic carbocycles. The van der Waals surface area contributed by atoms with E-state index in [1.54, 1.807) is 42.1 Å². The average molecular weight is 381 g/mol. The quantitative estimate of drug-likeness (QED) is 0.468. The summed E-state index contributed by atoms with van der Waals surface area (Å²) < 4.78 is 6.45. The second kappa shape index (κ2) is 8.85. The molecule has 28 heavy (non-hydrogen) atoms. The molecule has 0 radical (unpaired) electrons. The number of hydrogen-bond acceptors (Lipinski definition) is 7. The Labute approximate surface area is 160 Å². The predicted molar refractivity (Wildman–Crippen MR) is 101 cm³/mol. The minimum Gasteiger partial charge on any atom is -0.466 e. The van der Waals surface area contributed by atoms with Gasteiger partial charge in [0.1, 0.15) is 17.7 Å². The number of amides is 1. The molecule has 0 aliphatic carbocycles. The fourth-order valence-corrected chi connectivity index (χ4v) is 2.55. The Morgan fingerprint density at radius 3 is 2.68 bits per heavy atom. The molecule has 0 aliphatic rings. The first-order valence-electron chi connectivity index (χ1n) is 8.78. The number of nitrogens with one attached hydrogen (secondary N) is 1. The van der Waals surface area contributed by atoms with E-state index < -0.39 is 5.97 Å². The minimum absolute atomic E-state index is 0.139. The van der Waals surface area contributed by atoms with Crippen LogP contribution in [-0.2, 0) is 20.9 Å². The maximum Gasteiger partial charge on any atom is 0.313 e. The summed E-state index contributed by atoms with van der Waals surface area (Å²) in [7, 11) is 0. The first-order valence-corrected chi connectivity index (χ1v) is 8.78. The molecule has 0 bridgehead atoms. The van der Waals surface area contributed by atoms with Crippen LogP contribution in [-0.4, -0.2) is 43.8 Å². The molecule has 0 saturated heterocycles. The number of rotatable bonds is 8. The van der Waals surface area contributed by atoms with E-state index in [1.165, 1.54) is 6.20 Å². The Bertz CT molecular complexity index is 1000. The third kappa shape index (κ3) is 4.76. The third-order valence-electron chi connectivity index (χ3n) is 3.90. The van der Waals surface area contributed by atoms with Crippen LogP contribution in [0.15, 0.2) is 42.9 Å². The van der Waals surface area contributed by atoms with Gasteiger partial charge in [-0.15, -0.1) is 0 Å². The number of imidazole rings is 1. The van der Waals surface area contributed by atoms with Crippen molar-refractivity contribution in [3.8, 4) is 0 Å². The SMILES string of the molecule is CCOC(=O)CC(=O)CCn1cnc2cnc(NC(=O)c3ccccc3)nc21. The lowest BCUT2D eigenvalue weighted by Crippen LogP contribution is -2.15. The highest BCUT2D eigenvalue weighted by molar-refractivity contribution is 6.03. The lowest BCUT2D eigenvalue weighted by Gasteiger charge is -2.06. The molecule has 9 nitrogen and oxygen atoms in total. The van der Waals surface area contributed by atoms with E-state index in [2.05, 4.69) is 20.3 Å². The molecule has 0 atom stereocenters. The smallest absolute Gasteiger partial charge is 0.313 e. The van der Waals surface area contributed by atoms with Crippen molar-refractivity contribution in [1.29, 1.82) is 0 Å². The highest BCUT2D eigenvalue weighted by Gasteiger charge is 2.13. The summed E-state index contributed by atoms with van der Waals surface area (Å²) >= 11 is 0. The molecule has 0 fully saturated rings. The number of hydrogen-bond donors (Lipinski definition) is 1. The van der Waals surface area contributed by atoms with Crippen LogP contribution < -0.4 is 5.32 Å². The van der Waals surface area contributed by atoms with Gasteiger partial charge < -0.3 is 9.30 Å². The van der Waals surface area contributed by atoms with Gasteiger partial charge in [-0.05, 0) is 19.1 Å². The molecule has 9 heteroatoms. The van der Waals surface area contributed by atoms with Crippen molar-refractivity contribution in [2.24, 2.45) is 0 Å². The Kier molecular flexibility index (Phi) is 6.05. The van der Waals surface area contributed by atoms with Gasteiger partial charge in [0.25, 0.3) is 5.91 Å². The number of nitrogens with zero attached hydrogens (tertiary/aromatic N) is 4. The highest BCUT2D eigenvalue weighted by Crippen LogP contribution is 2.13. The molecule has 0 aliphatic heterocycles. The second-order valence-electron chi connectivity index (χ2n) is 5.93. The minimum atomic E-state index is -0.531. The number of carbonyl (C=O) groups is 3. The zero-order valence-corrected chi connectivity index (χ0v) is 15.3. The van der Waals surface area contributed by atoms with Crippen molar-refractivity contribution in [2.45, 2.75) is 26.3 Å². The van der Waals surface area contributed by atoms with Crippen molar-refractivity contribution in [2.75, 3.05) is 11.9 Å². The first-order chi connectivity index (χ1) is 13.6. The highest BCUT2D eigenvalue weighted by atomic mass is 16.5. The number of esters is 1. The van der Waals surface area contributed by atoms with Crippen LogP contribution in [0.25, 0.3) is 11.2 Å². The largest absolute Gasteiger partial charge is 0.466 e. The van der Waals surface area contributed by atoms with Gasteiger partial charge in [-0.2, -0.15) is 4.98 Å². The summed E-state index contributed by atoms with van der Waals surface area (Å²) in [5.74, 6) is -0.945. The molecule has 0 saturated carbocycles. The number of Topliss-reactive ketones (excluding diaryl/α,β-unsaturated/α-hetero) is 1. The van der Waals surface area contributed by atoms with Crippen LogP contribution in [0.2, 0.25) is 0 Å². The monoisotopic (exact) mass is 381 g/mol. The fraction of sp³-hybridized carbons (Fsp3) is 0.263. The number of anilines is 1. The van der Waals surface area contributed by atoms with E-state index in [0.717, 1.165) is 0 Å². The van der Waals surface area contributed by atoms with Crippen molar-refractivity contribution >= 4 is 34.8 Å². The zero-order valence-electron chi connectivity index (χ0n) is 15.3. The number of ether oxygens (including phenoxy) is 1. The topological polar surface area (TPSA) is 116 Å². The summed E-state index contributed by atoms with van der Waals surface area (Å²) in [6.07, 6.45) is 2.92. The van der Waals surface area contributed by atoms with Gasteiger partial charge in [-0.3, -0.25) is 19.7 Å². The van der Waals surface area contributed by atoms with Gasteiger partial charge in [0.05, 0.1) is 19.1 Å². The summed E-state index contributed by atoms with van der Waals surface area (Å²) in [6.45, 7) is 2.23. The second-order valence-corrected chi connectivity index (χ2v) is 5.93. The Balaban J connectivity index is 1.68. The Morgan fingerprint density at radius 1 is 1.14 bits per heavy atom. The van der Waals surface area contributed by atoms with Crippen LogP contribution in [0.5, 0.6) is 0 Å². The van der Waals surface area contributed by atoms with Crippen molar-refractivity contribution < 1.29 is 19.1 Å². The lowest BCUT2D eigenvalue weighted by atomic mass is 10.2. The summed E-state index contributed by atoms with van der Waals surface area (Å²) in [4.78, 5) is 48.1. The standard InChI is InChI=1S/C19H19N5O4/c1-2-28-16(26)10-14(25)8-9-24-12-21-15-11-20-19(22-17(15)24)23-18(27)13-6-4-3-5-7-13/h3-7,11-12H,2,8-10H2,1H3,(H,20,22,23,27). The van der Waals surface area contributed by atoms with Crippen LogP contribution in [0, 0.1) is 0 Å². The molecule has 0 spiro atoms. The van der Waals surface area contributed by atoms with Gasteiger partial charge in [0.2, 0.25) is 5.95 Å². The molecule has 144 valence electrons. The zero-order chi connectivity index (χ0) is 19.9. The maximum atomic E-state index is 12.2. The number of benzene rings is 1. The summed E-state index contributed by atoms with van der Waals surface area (Å²) in [5, 5.41) is 2.64. The molecule has 3 rings (SSSR count). The number of aromatic nitrogens is 4. The third-order valence-corrected chi connectivity index (χ3v) is 3.90. The number of carbonyl (C=O) groups excluding carboxylic acids is 3. The molecule has 0 unspecified atom stereocenters. The number of aryl methyl sites for hydroxylation is 1. The fourth-order valence-electron chi connectivity index (χ4n) is 2.55. The van der Waals surface area contributed by atoms with Crippen LogP contribution in [0.4, 0.5) is 5.95 Å².